The summed E-state index contributed by atoms with van der Waals surface area (Å²) in [5.74, 6) is 0. The van der Waals surface area contributed by atoms with Crippen LogP contribution in [0.25, 0.3) is 32.2 Å². The van der Waals surface area contributed by atoms with Gasteiger partial charge in [0.1, 0.15) is 0 Å². The summed E-state index contributed by atoms with van der Waals surface area (Å²) >= 11 is 0. The molecular formula is C18H18N4O. The van der Waals surface area contributed by atoms with Gasteiger partial charge in [-0.05, 0) is 30.5 Å². The Morgan fingerprint density at radius 3 is 2.22 bits per heavy atom. The van der Waals surface area contributed by atoms with Gasteiger partial charge in [-0.25, -0.2) is 0 Å². The van der Waals surface area contributed by atoms with E-state index in [0.717, 1.165) is 30.3 Å². The molecule has 0 saturated heterocycles. The molecule has 0 radical (unpaired) electrons. The Morgan fingerprint density at radius 1 is 1.00 bits per heavy atom. The van der Waals surface area contributed by atoms with Crippen LogP contribution in [0.4, 0.5) is 0 Å². The summed E-state index contributed by atoms with van der Waals surface area (Å²) in [6.45, 7) is 0. The quantitative estimate of drug-likeness (QED) is 0.420. The zero-order valence-corrected chi connectivity index (χ0v) is 12.7. The van der Waals surface area contributed by atoms with E-state index in [1.807, 2.05) is 24.3 Å². The average Bonchev–Trinajstić information content (AvgIpc) is 2.92. The molecule has 5 heteroatoms. The van der Waals surface area contributed by atoms with Gasteiger partial charge in [0.25, 0.3) is 0 Å². The zero-order chi connectivity index (χ0) is 15.8. The van der Waals surface area contributed by atoms with Gasteiger partial charge in [0, 0.05) is 26.7 Å². The van der Waals surface area contributed by atoms with Crippen molar-refractivity contribution in [3.8, 4) is 0 Å². The van der Waals surface area contributed by atoms with Crippen LogP contribution in [0.5, 0.6) is 0 Å². The van der Waals surface area contributed by atoms with Crippen LogP contribution in [0.15, 0.2) is 53.6 Å². The minimum Gasteiger partial charge on any atom is -0.391 e. The van der Waals surface area contributed by atoms with Gasteiger partial charge in [-0.2, -0.15) is 0 Å². The van der Waals surface area contributed by atoms with Gasteiger partial charge in [-0.1, -0.05) is 47.9 Å². The standard InChI is InChI=1S/C18H18N4O/c19-21-20-14-8-5-11-17(18(14)23)22-15-9-3-1-6-12(15)13-7-2-4-10-16(13)22/h1-4,6-7,9-10,14,17-18,23H,5,8,11H2/t14-,17?,18+/m0/s1. The molecule has 3 atom stereocenters. The van der Waals surface area contributed by atoms with Crippen LogP contribution >= 0.6 is 0 Å². The molecule has 116 valence electrons. The summed E-state index contributed by atoms with van der Waals surface area (Å²) < 4.78 is 2.23. The van der Waals surface area contributed by atoms with Crippen molar-refractivity contribution in [2.45, 2.75) is 37.5 Å². The summed E-state index contributed by atoms with van der Waals surface area (Å²) in [5.41, 5.74) is 11.0. The fourth-order valence-corrected chi connectivity index (χ4v) is 3.92. The van der Waals surface area contributed by atoms with Gasteiger partial charge in [0.2, 0.25) is 0 Å². The van der Waals surface area contributed by atoms with Crippen LogP contribution < -0.4 is 0 Å². The molecule has 0 bridgehead atoms. The highest BCUT2D eigenvalue weighted by atomic mass is 16.3. The Bertz CT molecular complexity index is 856. The summed E-state index contributed by atoms with van der Waals surface area (Å²) in [6.07, 6.45) is 1.94. The monoisotopic (exact) mass is 306 g/mol. The van der Waals surface area contributed by atoms with Gasteiger partial charge >= 0.3 is 0 Å². The molecule has 1 aromatic heterocycles. The molecule has 1 N–H and O–H groups in total. The van der Waals surface area contributed by atoms with Crippen LogP contribution in [-0.2, 0) is 0 Å². The molecule has 1 fully saturated rings. The molecule has 1 heterocycles. The molecule has 0 amide bonds. The van der Waals surface area contributed by atoms with E-state index in [9.17, 15) is 5.11 Å². The fraction of sp³-hybridized carbons (Fsp3) is 0.333. The van der Waals surface area contributed by atoms with E-state index >= 15 is 0 Å². The van der Waals surface area contributed by atoms with E-state index in [4.69, 9.17) is 5.53 Å². The number of hydrogen-bond donors (Lipinski definition) is 1. The number of aliphatic hydroxyl groups excluding tert-OH is 1. The molecule has 2 aromatic carbocycles. The molecule has 1 saturated carbocycles. The molecule has 1 unspecified atom stereocenters. The SMILES string of the molecule is [N-]=[N+]=N[C@H]1CCCC(n2c3ccccc3c3ccccc32)[C@@H]1O. The first kappa shape index (κ1) is 14.1. The normalized spacial score (nSPS) is 24.7. The van der Waals surface area contributed by atoms with Gasteiger partial charge in [-0.15, -0.1) is 0 Å². The summed E-state index contributed by atoms with van der Waals surface area (Å²) in [4.78, 5) is 2.91. The van der Waals surface area contributed by atoms with Crippen molar-refractivity contribution >= 4 is 21.8 Å². The smallest absolute Gasteiger partial charge is 0.0832 e. The number of benzene rings is 2. The van der Waals surface area contributed by atoms with E-state index < -0.39 is 6.10 Å². The van der Waals surface area contributed by atoms with Crippen molar-refractivity contribution in [2.24, 2.45) is 5.11 Å². The van der Waals surface area contributed by atoms with Crippen molar-refractivity contribution < 1.29 is 5.11 Å². The highest BCUT2D eigenvalue weighted by Gasteiger charge is 2.33. The maximum Gasteiger partial charge on any atom is 0.0832 e. The predicted octanol–water partition coefficient (Wildman–Crippen LogP) is 4.56. The van der Waals surface area contributed by atoms with Crippen LogP contribution in [0.2, 0.25) is 0 Å². The van der Waals surface area contributed by atoms with Crippen molar-refractivity contribution in [2.75, 3.05) is 0 Å². The number of aliphatic hydroxyl groups is 1. The second-order valence-electron chi connectivity index (χ2n) is 6.17. The van der Waals surface area contributed by atoms with E-state index in [1.165, 1.54) is 10.8 Å². The minimum absolute atomic E-state index is 0.0657. The third kappa shape index (κ3) is 2.17. The lowest BCUT2D eigenvalue weighted by atomic mass is 9.88. The largest absolute Gasteiger partial charge is 0.391 e. The second-order valence-corrected chi connectivity index (χ2v) is 6.17. The molecule has 5 nitrogen and oxygen atoms in total. The summed E-state index contributed by atoms with van der Waals surface area (Å²) in [6, 6.07) is 16.2. The lowest BCUT2D eigenvalue weighted by Crippen LogP contribution is -2.37. The van der Waals surface area contributed by atoms with Crippen LogP contribution in [0, 0.1) is 0 Å². The Balaban J connectivity index is 1.94. The topological polar surface area (TPSA) is 73.9 Å². The average molecular weight is 306 g/mol. The number of para-hydroxylation sites is 2. The third-order valence-corrected chi connectivity index (χ3v) is 4.94. The maximum atomic E-state index is 10.8. The van der Waals surface area contributed by atoms with Crippen LogP contribution in [0.1, 0.15) is 25.3 Å². The van der Waals surface area contributed by atoms with E-state index in [1.54, 1.807) is 0 Å². The predicted molar refractivity (Wildman–Crippen MR) is 91.3 cm³/mol. The zero-order valence-electron chi connectivity index (χ0n) is 12.7. The van der Waals surface area contributed by atoms with Gasteiger partial charge in [0.15, 0.2) is 0 Å². The number of aromatic nitrogens is 1. The second kappa shape index (κ2) is 5.61. The number of fused-ring (bicyclic) bond motifs is 3. The fourth-order valence-electron chi connectivity index (χ4n) is 3.92. The molecule has 3 aromatic rings. The van der Waals surface area contributed by atoms with Gasteiger partial charge in [-0.3, -0.25) is 0 Å². The van der Waals surface area contributed by atoms with Crippen molar-refractivity contribution in [3.05, 3.63) is 59.0 Å². The van der Waals surface area contributed by atoms with Gasteiger partial charge in [0.05, 0.1) is 18.2 Å². The summed E-state index contributed by atoms with van der Waals surface area (Å²) in [7, 11) is 0. The van der Waals surface area contributed by atoms with Crippen LogP contribution in [-0.4, -0.2) is 21.8 Å². The number of hydrogen-bond acceptors (Lipinski definition) is 2. The Kier molecular flexibility index (Phi) is 3.45. The maximum absolute atomic E-state index is 10.8. The van der Waals surface area contributed by atoms with Gasteiger partial charge < -0.3 is 9.67 Å². The highest BCUT2D eigenvalue weighted by Crippen LogP contribution is 2.38. The minimum atomic E-state index is -0.654. The van der Waals surface area contributed by atoms with Crippen molar-refractivity contribution in [1.82, 2.24) is 4.57 Å². The van der Waals surface area contributed by atoms with E-state index in [-0.39, 0.29) is 12.1 Å². The first-order chi connectivity index (χ1) is 11.3. The third-order valence-electron chi connectivity index (χ3n) is 4.94. The first-order valence-corrected chi connectivity index (χ1v) is 8.01. The first-order valence-electron chi connectivity index (χ1n) is 8.01. The molecule has 0 spiro atoms. The Hall–Kier alpha value is -2.49. The molecule has 1 aliphatic rings. The van der Waals surface area contributed by atoms with E-state index in [2.05, 4.69) is 38.9 Å². The molecular weight excluding hydrogens is 288 g/mol. The Morgan fingerprint density at radius 2 is 1.61 bits per heavy atom. The molecule has 23 heavy (non-hydrogen) atoms. The van der Waals surface area contributed by atoms with Crippen molar-refractivity contribution in [3.63, 3.8) is 0 Å². The lowest BCUT2D eigenvalue weighted by Gasteiger charge is -2.34. The molecule has 4 rings (SSSR count). The molecule has 1 aliphatic carbocycles. The Labute approximate surface area is 133 Å². The van der Waals surface area contributed by atoms with Crippen molar-refractivity contribution in [1.29, 1.82) is 0 Å². The van der Waals surface area contributed by atoms with Crippen LogP contribution in [0.3, 0.4) is 0 Å². The highest BCUT2D eigenvalue weighted by molar-refractivity contribution is 6.08. The number of azide groups is 1. The molecule has 0 aliphatic heterocycles. The number of nitrogens with zero attached hydrogens (tertiary/aromatic N) is 4. The summed E-state index contributed by atoms with van der Waals surface area (Å²) in [5, 5.41) is 17.0. The lowest BCUT2D eigenvalue weighted by molar-refractivity contribution is 0.0608. The van der Waals surface area contributed by atoms with E-state index in [0.29, 0.717) is 0 Å². The number of rotatable bonds is 2.